The van der Waals surface area contributed by atoms with E-state index in [1.807, 2.05) is 0 Å². The Balaban J connectivity index is 2.98. The molecule has 0 radical (unpaired) electrons. The van der Waals surface area contributed by atoms with E-state index in [0.29, 0.717) is 13.0 Å². The van der Waals surface area contributed by atoms with E-state index in [1.165, 1.54) is 18.2 Å². The number of ether oxygens (including phenoxy) is 1. The third-order valence-corrected chi connectivity index (χ3v) is 4.36. The standard InChI is InChI=1S/C12H19FN2O3S/c1-9(6-7-18-2)15-19(16,17)12-5-3-4-11(13)10(12)8-14/h3-5,9,15H,6-8,14H2,1-2H3. The second-order valence-corrected chi connectivity index (χ2v) is 5.91. The summed E-state index contributed by atoms with van der Waals surface area (Å²) >= 11 is 0. The Hall–Kier alpha value is -1.02. The Morgan fingerprint density at radius 1 is 1.47 bits per heavy atom. The second-order valence-electron chi connectivity index (χ2n) is 4.22. The van der Waals surface area contributed by atoms with Gasteiger partial charge in [0.15, 0.2) is 0 Å². The highest BCUT2D eigenvalue weighted by atomic mass is 32.2. The van der Waals surface area contributed by atoms with Crippen molar-refractivity contribution in [3.05, 3.63) is 29.6 Å². The lowest BCUT2D eigenvalue weighted by Crippen LogP contribution is -2.34. The summed E-state index contributed by atoms with van der Waals surface area (Å²) in [4.78, 5) is -0.112. The molecule has 0 spiro atoms. The lowest BCUT2D eigenvalue weighted by Gasteiger charge is -2.15. The van der Waals surface area contributed by atoms with Gasteiger partial charge in [-0.3, -0.25) is 0 Å². The summed E-state index contributed by atoms with van der Waals surface area (Å²) in [5, 5.41) is 0. The summed E-state index contributed by atoms with van der Waals surface area (Å²) in [6, 6.07) is 3.58. The van der Waals surface area contributed by atoms with Crippen molar-refractivity contribution in [2.24, 2.45) is 5.73 Å². The Labute approximate surface area is 113 Å². The van der Waals surface area contributed by atoms with Crippen molar-refractivity contribution in [3.63, 3.8) is 0 Å². The Kier molecular flexibility index (Phi) is 5.86. The predicted molar refractivity (Wildman–Crippen MR) is 70.6 cm³/mol. The van der Waals surface area contributed by atoms with E-state index in [2.05, 4.69) is 4.72 Å². The zero-order chi connectivity index (χ0) is 14.5. The molecule has 0 saturated heterocycles. The lowest BCUT2D eigenvalue weighted by atomic mass is 10.2. The third-order valence-electron chi connectivity index (χ3n) is 2.68. The van der Waals surface area contributed by atoms with Gasteiger partial charge in [0, 0.05) is 31.9 Å². The summed E-state index contributed by atoms with van der Waals surface area (Å²) in [5.41, 5.74) is 5.40. The van der Waals surface area contributed by atoms with Crippen LogP contribution in [0.4, 0.5) is 4.39 Å². The summed E-state index contributed by atoms with van der Waals surface area (Å²) in [6.07, 6.45) is 0.531. The molecule has 1 atom stereocenters. The molecule has 1 rings (SSSR count). The molecule has 5 nitrogen and oxygen atoms in total. The summed E-state index contributed by atoms with van der Waals surface area (Å²) in [5.74, 6) is -0.616. The Bertz CT molecular complexity index is 520. The Morgan fingerprint density at radius 2 is 2.16 bits per heavy atom. The van der Waals surface area contributed by atoms with Gasteiger partial charge in [-0.05, 0) is 25.5 Å². The smallest absolute Gasteiger partial charge is 0.241 e. The van der Waals surface area contributed by atoms with E-state index in [-0.39, 0.29) is 23.0 Å². The van der Waals surface area contributed by atoms with Crippen LogP contribution >= 0.6 is 0 Å². The Morgan fingerprint density at radius 3 is 2.74 bits per heavy atom. The van der Waals surface area contributed by atoms with Gasteiger partial charge < -0.3 is 10.5 Å². The van der Waals surface area contributed by atoms with Gasteiger partial charge in [0.05, 0.1) is 4.90 Å². The first kappa shape index (κ1) is 16.0. The molecule has 19 heavy (non-hydrogen) atoms. The predicted octanol–water partition coefficient (Wildman–Crippen LogP) is 0.988. The summed E-state index contributed by atoms with van der Waals surface area (Å²) in [6.45, 7) is 1.99. The zero-order valence-electron chi connectivity index (χ0n) is 11.0. The van der Waals surface area contributed by atoms with E-state index in [0.717, 1.165) is 0 Å². The molecule has 1 aromatic carbocycles. The molecule has 0 amide bonds. The van der Waals surface area contributed by atoms with Gasteiger partial charge in [-0.15, -0.1) is 0 Å². The largest absolute Gasteiger partial charge is 0.385 e. The number of halogens is 1. The van der Waals surface area contributed by atoms with Gasteiger partial charge in [0.1, 0.15) is 5.82 Å². The van der Waals surface area contributed by atoms with Crippen molar-refractivity contribution < 1.29 is 17.5 Å². The van der Waals surface area contributed by atoms with Crippen LogP contribution in [-0.4, -0.2) is 28.2 Å². The molecule has 108 valence electrons. The topological polar surface area (TPSA) is 81.4 Å². The molecule has 0 fully saturated rings. The summed E-state index contributed by atoms with van der Waals surface area (Å²) in [7, 11) is -2.24. The van der Waals surface area contributed by atoms with Crippen LogP contribution in [0.3, 0.4) is 0 Å². The fraction of sp³-hybridized carbons (Fsp3) is 0.500. The molecular weight excluding hydrogens is 271 g/mol. The summed E-state index contributed by atoms with van der Waals surface area (Å²) < 4.78 is 45.2. The van der Waals surface area contributed by atoms with E-state index in [9.17, 15) is 12.8 Å². The number of nitrogens with one attached hydrogen (secondary N) is 1. The van der Waals surface area contributed by atoms with Crippen LogP contribution < -0.4 is 10.5 Å². The first-order chi connectivity index (χ1) is 8.92. The highest BCUT2D eigenvalue weighted by molar-refractivity contribution is 7.89. The maximum absolute atomic E-state index is 13.5. The van der Waals surface area contributed by atoms with Gasteiger partial charge in [0.2, 0.25) is 10.0 Å². The van der Waals surface area contributed by atoms with Crippen LogP contribution in [0.15, 0.2) is 23.1 Å². The van der Waals surface area contributed by atoms with E-state index >= 15 is 0 Å². The highest BCUT2D eigenvalue weighted by Crippen LogP contribution is 2.18. The molecule has 0 bridgehead atoms. The third kappa shape index (κ3) is 4.24. The maximum atomic E-state index is 13.5. The fourth-order valence-corrected chi connectivity index (χ4v) is 3.21. The van der Waals surface area contributed by atoms with E-state index in [4.69, 9.17) is 10.5 Å². The van der Waals surface area contributed by atoms with Crippen LogP contribution in [-0.2, 0) is 21.3 Å². The van der Waals surface area contributed by atoms with Gasteiger partial charge in [0.25, 0.3) is 0 Å². The number of rotatable bonds is 7. The van der Waals surface area contributed by atoms with Crippen LogP contribution in [0.1, 0.15) is 18.9 Å². The SMILES string of the molecule is COCCC(C)NS(=O)(=O)c1cccc(F)c1CN. The molecule has 7 heteroatoms. The van der Waals surface area contributed by atoms with Crippen LogP contribution in [0.2, 0.25) is 0 Å². The van der Waals surface area contributed by atoms with Crippen LogP contribution in [0.5, 0.6) is 0 Å². The molecule has 0 aliphatic heterocycles. The molecule has 0 aromatic heterocycles. The van der Waals surface area contributed by atoms with E-state index in [1.54, 1.807) is 14.0 Å². The first-order valence-corrected chi connectivity index (χ1v) is 7.39. The van der Waals surface area contributed by atoms with Crippen molar-refractivity contribution in [1.29, 1.82) is 0 Å². The average Bonchev–Trinajstić information content (AvgIpc) is 2.35. The van der Waals surface area contributed by atoms with Gasteiger partial charge in [-0.1, -0.05) is 6.07 Å². The monoisotopic (exact) mass is 290 g/mol. The van der Waals surface area contributed by atoms with E-state index < -0.39 is 15.8 Å². The molecule has 1 aromatic rings. The van der Waals surface area contributed by atoms with Crippen LogP contribution in [0, 0.1) is 5.82 Å². The zero-order valence-corrected chi connectivity index (χ0v) is 11.8. The number of hydrogen-bond donors (Lipinski definition) is 2. The first-order valence-electron chi connectivity index (χ1n) is 5.91. The van der Waals surface area contributed by atoms with Gasteiger partial charge in [-0.2, -0.15) is 0 Å². The number of nitrogens with two attached hydrogens (primary N) is 1. The van der Waals surface area contributed by atoms with Crippen molar-refractivity contribution in [1.82, 2.24) is 4.72 Å². The number of sulfonamides is 1. The highest BCUT2D eigenvalue weighted by Gasteiger charge is 2.22. The van der Waals surface area contributed by atoms with Crippen LogP contribution in [0.25, 0.3) is 0 Å². The molecule has 0 heterocycles. The second kappa shape index (κ2) is 6.95. The average molecular weight is 290 g/mol. The number of hydrogen-bond acceptors (Lipinski definition) is 4. The quantitative estimate of drug-likeness (QED) is 0.784. The molecule has 1 unspecified atom stereocenters. The molecule has 3 N–H and O–H groups in total. The van der Waals surface area contributed by atoms with Crippen molar-refractivity contribution in [3.8, 4) is 0 Å². The fourth-order valence-electron chi connectivity index (χ4n) is 1.67. The molecule has 0 saturated carbocycles. The number of methoxy groups -OCH3 is 1. The minimum atomic E-state index is -3.78. The van der Waals surface area contributed by atoms with Crippen molar-refractivity contribution in [2.75, 3.05) is 13.7 Å². The minimum absolute atomic E-state index is 0.00561. The van der Waals surface area contributed by atoms with Crippen molar-refractivity contribution >= 4 is 10.0 Å². The molecular formula is C12H19FN2O3S. The number of benzene rings is 1. The van der Waals surface area contributed by atoms with Gasteiger partial charge >= 0.3 is 0 Å². The van der Waals surface area contributed by atoms with Crippen molar-refractivity contribution in [2.45, 2.75) is 30.8 Å². The normalized spacial score (nSPS) is 13.5. The lowest BCUT2D eigenvalue weighted by molar-refractivity contribution is 0.188. The maximum Gasteiger partial charge on any atom is 0.241 e. The minimum Gasteiger partial charge on any atom is -0.385 e. The molecule has 0 aliphatic carbocycles. The van der Waals surface area contributed by atoms with Gasteiger partial charge in [-0.25, -0.2) is 17.5 Å². The molecule has 0 aliphatic rings.